The van der Waals surface area contributed by atoms with Gasteiger partial charge in [-0.25, -0.2) is 4.79 Å². The normalized spacial score (nSPS) is 21.3. The number of carbonyl (C=O) groups excluding carboxylic acids is 4. The molecule has 1 saturated carbocycles. The van der Waals surface area contributed by atoms with Crippen LogP contribution in [0.15, 0.2) is 18.2 Å². The molecule has 3 atom stereocenters. The zero-order chi connectivity index (χ0) is 35.4. The van der Waals surface area contributed by atoms with E-state index in [4.69, 9.17) is 18.9 Å². The molecular formula is C36H56N4O8. The van der Waals surface area contributed by atoms with Crippen LogP contribution in [0.4, 0.5) is 16.2 Å². The first-order chi connectivity index (χ1) is 22.5. The van der Waals surface area contributed by atoms with Crippen molar-refractivity contribution in [3.8, 4) is 5.75 Å². The topological polar surface area (TPSA) is 127 Å². The van der Waals surface area contributed by atoms with E-state index in [0.717, 1.165) is 19.3 Å². The third-order valence-electron chi connectivity index (χ3n) is 8.75. The van der Waals surface area contributed by atoms with Crippen molar-refractivity contribution in [1.29, 1.82) is 0 Å². The molecular weight excluding hydrogens is 616 g/mol. The van der Waals surface area contributed by atoms with E-state index in [1.807, 2.05) is 19.1 Å². The highest BCUT2D eigenvalue weighted by molar-refractivity contribution is 6.04. The minimum Gasteiger partial charge on any atom is -0.476 e. The van der Waals surface area contributed by atoms with Crippen molar-refractivity contribution >= 4 is 35.2 Å². The van der Waals surface area contributed by atoms with E-state index < -0.39 is 29.1 Å². The molecule has 1 aliphatic carbocycles. The van der Waals surface area contributed by atoms with Crippen molar-refractivity contribution in [3.05, 3.63) is 18.2 Å². The number of anilines is 2. The molecule has 12 heteroatoms. The molecule has 48 heavy (non-hydrogen) atoms. The van der Waals surface area contributed by atoms with Crippen molar-refractivity contribution in [3.63, 3.8) is 0 Å². The third kappa shape index (κ3) is 9.40. The SMILES string of the molecule is CCOCC(CC(C)C)NC(=O)[C@H]1CC(C(=O)N(c2ccc3c(c2)N(CCOC)C(=O)C(C)(C)O3)C2CC2)CN(C(=O)OC(C)(C)C)C1. The number of hydrogen-bond acceptors (Lipinski definition) is 8. The van der Waals surface area contributed by atoms with Gasteiger partial charge in [0, 0.05) is 45.1 Å². The number of ether oxygens (including phenoxy) is 4. The van der Waals surface area contributed by atoms with Crippen LogP contribution in [0.25, 0.3) is 0 Å². The summed E-state index contributed by atoms with van der Waals surface area (Å²) >= 11 is 0. The maximum Gasteiger partial charge on any atom is 0.410 e. The molecule has 2 fully saturated rings. The van der Waals surface area contributed by atoms with Crippen LogP contribution in [0, 0.1) is 17.8 Å². The Morgan fingerprint density at radius 1 is 1.12 bits per heavy atom. The van der Waals surface area contributed by atoms with Gasteiger partial charge in [-0.15, -0.1) is 0 Å². The Kier molecular flexibility index (Phi) is 12.0. The predicted molar refractivity (Wildman–Crippen MR) is 183 cm³/mol. The molecule has 1 saturated heterocycles. The Morgan fingerprint density at radius 2 is 1.81 bits per heavy atom. The molecule has 0 spiro atoms. The largest absolute Gasteiger partial charge is 0.476 e. The highest BCUT2D eigenvalue weighted by Crippen LogP contribution is 2.43. The maximum atomic E-state index is 14.6. The summed E-state index contributed by atoms with van der Waals surface area (Å²) in [5, 5.41) is 3.15. The summed E-state index contributed by atoms with van der Waals surface area (Å²) in [5.41, 5.74) is -0.566. The van der Waals surface area contributed by atoms with Crippen LogP contribution in [0.3, 0.4) is 0 Å². The van der Waals surface area contributed by atoms with Crippen LogP contribution in [0.1, 0.15) is 81.1 Å². The Hall–Kier alpha value is -3.38. The van der Waals surface area contributed by atoms with Gasteiger partial charge in [0.1, 0.15) is 11.4 Å². The second kappa shape index (κ2) is 15.4. The van der Waals surface area contributed by atoms with Crippen LogP contribution in [0.5, 0.6) is 5.75 Å². The number of benzene rings is 1. The second-order valence-corrected chi connectivity index (χ2v) is 15.2. The molecule has 2 aliphatic heterocycles. The number of methoxy groups -OCH3 is 1. The lowest BCUT2D eigenvalue weighted by atomic mass is 9.87. The summed E-state index contributed by atoms with van der Waals surface area (Å²) in [6.07, 6.45) is 2.15. The van der Waals surface area contributed by atoms with Crippen molar-refractivity contribution in [2.45, 2.75) is 104 Å². The van der Waals surface area contributed by atoms with E-state index in [9.17, 15) is 19.2 Å². The first-order valence-electron chi connectivity index (χ1n) is 17.4. The number of rotatable bonds is 13. The number of likely N-dealkylation sites (tertiary alicyclic amines) is 1. The van der Waals surface area contributed by atoms with Gasteiger partial charge in [0.25, 0.3) is 5.91 Å². The molecule has 2 unspecified atom stereocenters. The van der Waals surface area contributed by atoms with Crippen LogP contribution < -0.4 is 19.9 Å². The predicted octanol–water partition coefficient (Wildman–Crippen LogP) is 4.77. The van der Waals surface area contributed by atoms with Gasteiger partial charge in [0.15, 0.2) is 5.60 Å². The first kappa shape index (κ1) is 37.4. The van der Waals surface area contributed by atoms with E-state index in [0.29, 0.717) is 49.4 Å². The summed E-state index contributed by atoms with van der Waals surface area (Å²) in [4.78, 5) is 60.1. The van der Waals surface area contributed by atoms with Crippen LogP contribution in [-0.2, 0) is 28.6 Å². The quantitative estimate of drug-likeness (QED) is 0.318. The molecule has 3 aliphatic rings. The van der Waals surface area contributed by atoms with Gasteiger partial charge >= 0.3 is 6.09 Å². The Balaban J connectivity index is 1.64. The van der Waals surface area contributed by atoms with E-state index in [-0.39, 0.29) is 49.3 Å². The number of carbonyl (C=O) groups is 4. The number of fused-ring (bicyclic) bond motifs is 1. The number of nitrogens with one attached hydrogen (secondary N) is 1. The molecule has 268 valence electrons. The summed E-state index contributed by atoms with van der Waals surface area (Å²) in [6.45, 7) is 16.9. The van der Waals surface area contributed by atoms with Crippen LogP contribution in [0.2, 0.25) is 0 Å². The smallest absolute Gasteiger partial charge is 0.410 e. The van der Waals surface area contributed by atoms with Crippen molar-refractivity contribution in [2.75, 3.05) is 56.4 Å². The van der Waals surface area contributed by atoms with E-state index >= 15 is 0 Å². The zero-order valence-electron chi connectivity index (χ0n) is 30.3. The molecule has 1 aromatic rings. The Labute approximate surface area is 285 Å². The summed E-state index contributed by atoms with van der Waals surface area (Å²) in [5.74, 6) is -0.919. The van der Waals surface area contributed by atoms with Crippen molar-refractivity contribution < 1.29 is 38.1 Å². The molecule has 4 rings (SSSR count). The fourth-order valence-corrected chi connectivity index (χ4v) is 6.42. The summed E-state index contributed by atoms with van der Waals surface area (Å²) in [7, 11) is 1.59. The molecule has 0 bridgehead atoms. The van der Waals surface area contributed by atoms with Gasteiger partial charge < -0.3 is 39.0 Å². The van der Waals surface area contributed by atoms with Crippen LogP contribution >= 0.6 is 0 Å². The molecule has 2 heterocycles. The van der Waals surface area contributed by atoms with Gasteiger partial charge in [-0.1, -0.05) is 13.8 Å². The van der Waals surface area contributed by atoms with Crippen LogP contribution in [-0.4, -0.2) is 98.6 Å². The fraction of sp³-hybridized carbons (Fsp3) is 0.722. The average Bonchev–Trinajstić information content (AvgIpc) is 3.84. The third-order valence-corrected chi connectivity index (χ3v) is 8.75. The van der Waals surface area contributed by atoms with Gasteiger partial charge in [-0.3, -0.25) is 14.4 Å². The highest BCUT2D eigenvalue weighted by atomic mass is 16.6. The van der Waals surface area contributed by atoms with Gasteiger partial charge in [-0.2, -0.15) is 0 Å². The molecule has 0 aromatic heterocycles. The average molecular weight is 673 g/mol. The van der Waals surface area contributed by atoms with E-state index in [1.165, 1.54) is 4.90 Å². The molecule has 1 N–H and O–H groups in total. The maximum absolute atomic E-state index is 14.6. The number of amides is 4. The van der Waals surface area contributed by atoms with Gasteiger partial charge in [-0.05, 0) is 91.3 Å². The van der Waals surface area contributed by atoms with Crippen molar-refractivity contribution in [2.24, 2.45) is 17.8 Å². The van der Waals surface area contributed by atoms with Gasteiger partial charge in [0.05, 0.1) is 36.8 Å². The summed E-state index contributed by atoms with van der Waals surface area (Å²) in [6, 6.07) is 5.28. The Morgan fingerprint density at radius 3 is 2.42 bits per heavy atom. The number of piperidine rings is 1. The second-order valence-electron chi connectivity index (χ2n) is 15.2. The number of hydrogen-bond donors (Lipinski definition) is 1. The fourth-order valence-electron chi connectivity index (χ4n) is 6.42. The first-order valence-corrected chi connectivity index (χ1v) is 17.4. The lowest BCUT2D eigenvalue weighted by Crippen LogP contribution is -2.55. The monoisotopic (exact) mass is 672 g/mol. The summed E-state index contributed by atoms with van der Waals surface area (Å²) < 4.78 is 22.7. The zero-order valence-corrected chi connectivity index (χ0v) is 30.3. The minimum atomic E-state index is -1.05. The van der Waals surface area contributed by atoms with Gasteiger partial charge in [0.2, 0.25) is 11.8 Å². The Bertz CT molecular complexity index is 1320. The molecule has 0 radical (unpaired) electrons. The lowest BCUT2D eigenvalue weighted by Gasteiger charge is -2.40. The highest BCUT2D eigenvalue weighted by Gasteiger charge is 2.45. The number of nitrogens with zero attached hydrogens (tertiary/aromatic N) is 3. The molecule has 12 nitrogen and oxygen atoms in total. The molecule has 4 amide bonds. The standard InChI is InChI=1S/C36H56N4O8/c1-10-46-22-26(17-23(2)3)37-31(41)24-18-25(21-38(20-24)34(44)48-35(4,5)6)32(42)40(27-11-12-27)28-13-14-30-29(19-28)39(15-16-45-9)33(43)36(7,8)47-30/h13-14,19,23-27H,10-12,15-18,20-22H2,1-9H3,(H,37,41)/t24-,25?,26?/m0/s1. The van der Waals surface area contributed by atoms with E-state index in [1.54, 1.807) is 57.6 Å². The minimum absolute atomic E-state index is 0.0228. The molecule has 1 aromatic carbocycles. The van der Waals surface area contributed by atoms with E-state index in [2.05, 4.69) is 19.2 Å². The lowest BCUT2D eigenvalue weighted by molar-refractivity contribution is -0.133. The van der Waals surface area contributed by atoms with Crippen molar-refractivity contribution in [1.82, 2.24) is 10.2 Å².